The minimum atomic E-state index is -2.39. The molecule has 0 aliphatic heterocycles. The maximum atomic E-state index is 5.94. The van der Waals surface area contributed by atoms with Gasteiger partial charge in [-0.25, -0.2) is 0 Å². The van der Waals surface area contributed by atoms with Crippen LogP contribution in [-0.4, -0.2) is 34.0 Å². The van der Waals surface area contributed by atoms with Gasteiger partial charge in [0.1, 0.15) is 0 Å². The normalized spacial score (nSPS) is 12.5. The molecule has 6 heteroatoms. The zero-order valence-electron chi connectivity index (χ0n) is 9.87. The zero-order chi connectivity index (χ0) is 11.2. The van der Waals surface area contributed by atoms with Crippen LogP contribution in [0.4, 0.5) is 0 Å². The third-order valence-electron chi connectivity index (χ3n) is 1.54. The molecule has 0 N–H and O–H groups in total. The lowest BCUT2D eigenvalue weighted by molar-refractivity contribution is 0.211. The molecule has 0 amide bonds. The standard InChI is InChI=1S/C8H22O3Si3/c1-7-8-14(9-2,10-12(3)4)11-13(5)6/h7,12-13H,1,8H2,2-6H3. The lowest BCUT2D eigenvalue weighted by atomic mass is 10.8. The second-order valence-electron chi connectivity index (χ2n) is 3.71. The molecule has 0 aromatic carbocycles. The fraction of sp³-hybridized carbons (Fsp3) is 0.750. The summed E-state index contributed by atoms with van der Waals surface area (Å²) in [5.74, 6) is 0. The van der Waals surface area contributed by atoms with Crippen molar-refractivity contribution in [2.24, 2.45) is 0 Å². The highest BCUT2D eigenvalue weighted by Crippen LogP contribution is 2.17. The lowest BCUT2D eigenvalue weighted by Gasteiger charge is -2.31. The fourth-order valence-corrected chi connectivity index (χ4v) is 9.73. The van der Waals surface area contributed by atoms with E-state index >= 15 is 0 Å². The van der Waals surface area contributed by atoms with Gasteiger partial charge in [0.25, 0.3) is 0 Å². The van der Waals surface area contributed by atoms with Crippen LogP contribution in [0.25, 0.3) is 0 Å². The van der Waals surface area contributed by atoms with Crippen molar-refractivity contribution in [2.45, 2.75) is 32.2 Å². The van der Waals surface area contributed by atoms with E-state index in [9.17, 15) is 0 Å². The third-order valence-corrected chi connectivity index (χ3v) is 9.59. The number of rotatable bonds is 7. The van der Waals surface area contributed by atoms with Crippen molar-refractivity contribution in [1.82, 2.24) is 0 Å². The molecule has 0 aliphatic rings. The van der Waals surface area contributed by atoms with E-state index in [2.05, 4.69) is 32.8 Å². The fourth-order valence-electron chi connectivity index (χ4n) is 1.20. The Labute approximate surface area is 91.9 Å². The van der Waals surface area contributed by atoms with Crippen LogP contribution < -0.4 is 0 Å². The summed E-state index contributed by atoms with van der Waals surface area (Å²) in [5, 5.41) is 0. The molecule has 0 fully saturated rings. The summed E-state index contributed by atoms with van der Waals surface area (Å²) in [7, 11) is -2.94. The summed E-state index contributed by atoms with van der Waals surface area (Å²) in [5.41, 5.74) is 0. The van der Waals surface area contributed by atoms with E-state index in [0.717, 1.165) is 6.04 Å². The Bertz CT molecular complexity index is 163. The Morgan fingerprint density at radius 2 is 1.57 bits per heavy atom. The van der Waals surface area contributed by atoms with Crippen LogP contribution in [-0.2, 0) is 12.7 Å². The lowest BCUT2D eigenvalue weighted by Crippen LogP contribution is -2.49. The van der Waals surface area contributed by atoms with Gasteiger partial charge in [-0.15, -0.1) is 6.58 Å². The van der Waals surface area contributed by atoms with Gasteiger partial charge in [-0.3, -0.25) is 0 Å². The number of hydrogen-bond donors (Lipinski definition) is 0. The van der Waals surface area contributed by atoms with Gasteiger partial charge in [0, 0.05) is 13.2 Å². The Balaban J connectivity index is 4.49. The van der Waals surface area contributed by atoms with Crippen molar-refractivity contribution in [1.29, 1.82) is 0 Å². The van der Waals surface area contributed by atoms with E-state index in [1.165, 1.54) is 0 Å². The Hall–Kier alpha value is 0.271. The molecule has 0 unspecified atom stereocenters. The summed E-state index contributed by atoms with van der Waals surface area (Å²) in [4.78, 5) is 0. The quantitative estimate of drug-likeness (QED) is 0.509. The molecular weight excluding hydrogens is 228 g/mol. The van der Waals surface area contributed by atoms with Crippen LogP contribution >= 0.6 is 0 Å². The highest BCUT2D eigenvalue weighted by molar-refractivity contribution is 6.75. The third kappa shape index (κ3) is 5.23. The van der Waals surface area contributed by atoms with Crippen LogP contribution in [0.2, 0.25) is 32.2 Å². The van der Waals surface area contributed by atoms with E-state index in [0.29, 0.717) is 0 Å². The van der Waals surface area contributed by atoms with Gasteiger partial charge in [0.15, 0.2) is 18.1 Å². The second kappa shape index (κ2) is 6.70. The second-order valence-corrected chi connectivity index (χ2v) is 12.0. The van der Waals surface area contributed by atoms with Gasteiger partial charge < -0.3 is 12.7 Å². The summed E-state index contributed by atoms with van der Waals surface area (Å²) in [6, 6.07) is 0.722. The molecule has 14 heavy (non-hydrogen) atoms. The van der Waals surface area contributed by atoms with Gasteiger partial charge in [-0.1, -0.05) is 6.08 Å². The minimum Gasteiger partial charge on any atom is -0.419 e. The zero-order valence-corrected chi connectivity index (χ0v) is 13.2. The molecule has 0 heterocycles. The molecule has 0 aliphatic carbocycles. The van der Waals surface area contributed by atoms with Crippen molar-refractivity contribution in [2.75, 3.05) is 7.11 Å². The summed E-state index contributed by atoms with van der Waals surface area (Å²) in [6.45, 7) is 12.3. The Kier molecular flexibility index (Phi) is 6.83. The molecular formula is C8H22O3Si3. The molecule has 0 radical (unpaired) electrons. The molecule has 0 bridgehead atoms. The van der Waals surface area contributed by atoms with Crippen LogP contribution in [0.1, 0.15) is 0 Å². The van der Waals surface area contributed by atoms with E-state index in [-0.39, 0.29) is 0 Å². The van der Waals surface area contributed by atoms with Crippen molar-refractivity contribution in [3.8, 4) is 0 Å². The average Bonchev–Trinajstić information content (AvgIpc) is 2.02. The van der Waals surface area contributed by atoms with Crippen molar-refractivity contribution in [3.63, 3.8) is 0 Å². The monoisotopic (exact) mass is 250 g/mol. The maximum Gasteiger partial charge on any atom is 0.483 e. The predicted octanol–water partition coefficient (Wildman–Crippen LogP) is 1.76. The predicted molar refractivity (Wildman–Crippen MR) is 67.7 cm³/mol. The molecule has 0 aromatic heterocycles. The van der Waals surface area contributed by atoms with Crippen molar-refractivity contribution >= 4 is 26.9 Å². The minimum absolute atomic E-state index is 0.722. The molecule has 0 saturated heterocycles. The van der Waals surface area contributed by atoms with E-state index in [4.69, 9.17) is 12.7 Å². The molecule has 3 nitrogen and oxygen atoms in total. The first-order valence-electron chi connectivity index (χ1n) is 4.97. The van der Waals surface area contributed by atoms with E-state index < -0.39 is 26.9 Å². The molecule has 0 spiro atoms. The Morgan fingerprint density at radius 3 is 1.79 bits per heavy atom. The smallest absolute Gasteiger partial charge is 0.419 e. The molecule has 0 saturated carbocycles. The van der Waals surface area contributed by atoms with Crippen molar-refractivity contribution in [3.05, 3.63) is 12.7 Å². The summed E-state index contributed by atoms with van der Waals surface area (Å²) in [6.07, 6.45) is 1.84. The highest BCUT2D eigenvalue weighted by Gasteiger charge is 2.39. The highest BCUT2D eigenvalue weighted by atomic mass is 28.5. The summed E-state index contributed by atoms with van der Waals surface area (Å²) < 4.78 is 17.4. The first-order chi connectivity index (χ1) is 6.45. The first-order valence-corrected chi connectivity index (χ1v) is 12.5. The van der Waals surface area contributed by atoms with Gasteiger partial charge in [0.2, 0.25) is 0 Å². The topological polar surface area (TPSA) is 27.7 Å². The number of allylic oxidation sites excluding steroid dienone is 1. The largest absolute Gasteiger partial charge is 0.483 e. The van der Waals surface area contributed by atoms with E-state index in [1.54, 1.807) is 7.11 Å². The summed E-state index contributed by atoms with van der Waals surface area (Å²) >= 11 is 0. The Morgan fingerprint density at radius 1 is 1.14 bits per heavy atom. The van der Waals surface area contributed by atoms with Gasteiger partial charge in [-0.2, -0.15) is 0 Å². The number of hydrogen-bond acceptors (Lipinski definition) is 3. The van der Waals surface area contributed by atoms with Crippen LogP contribution in [0.5, 0.6) is 0 Å². The van der Waals surface area contributed by atoms with Gasteiger partial charge in [-0.05, 0) is 26.2 Å². The van der Waals surface area contributed by atoms with E-state index in [1.807, 2.05) is 6.08 Å². The average molecular weight is 251 g/mol. The molecule has 0 rings (SSSR count). The van der Waals surface area contributed by atoms with Crippen LogP contribution in [0.3, 0.4) is 0 Å². The van der Waals surface area contributed by atoms with Gasteiger partial charge in [0.05, 0.1) is 0 Å². The van der Waals surface area contributed by atoms with Gasteiger partial charge >= 0.3 is 8.80 Å². The van der Waals surface area contributed by atoms with Crippen LogP contribution in [0, 0.1) is 0 Å². The maximum absolute atomic E-state index is 5.94. The molecule has 0 atom stereocenters. The molecule has 0 aromatic rings. The first kappa shape index (κ1) is 14.3. The van der Waals surface area contributed by atoms with Crippen LogP contribution in [0.15, 0.2) is 12.7 Å². The van der Waals surface area contributed by atoms with Crippen molar-refractivity contribution < 1.29 is 12.7 Å². The molecule has 84 valence electrons. The SMILES string of the molecule is C=CC[Si](OC)(O[SiH](C)C)O[SiH](C)C.